The van der Waals surface area contributed by atoms with E-state index < -0.39 is 0 Å². The summed E-state index contributed by atoms with van der Waals surface area (Å²) >= 11 is 0. The van der Waals surface area contributed by atoms with Crippen molar-refractivity contribution in [3.05, 3.63) is 17.0 Å². The number of nitrogens with one attached hydrogen (secondary N) is 2. The van der Waals surface area contributed by atoms with Gasteiger partial charge in [0.2, 0.25) is 5.91 Å². The smallest absolute Gasteiger partial charge is 0.220 e. The molecule has 0 bridgehead atoms. The van der Waals surface area contributed by atoms with E-state index in [0.29, 0.717) is 6.42 Å². The number of piperidine rings is 1. The molecule has 2 N–H and O–H groups in total. The molecule has 1 aliphatic rings. The van der Waals surface area contributed by atoms with Crippen LogP contribution >= 0.6 is 24.8 Å². The fourth-order valence-electron chi connectivity index (χ4n) is 3.03. The number of carbonyl (C=O) groups is 1. The molecule has 1 aromatic heterocycles. The normalized spacial score (nSPS) is 16.2. The number of aromatic nitrogens is 2. The van der Waals surface area contributed by atoms with Crippen molar-refractivity contribution in [1.29, 1.82) is 0 Å². The largest absolute Gasteiger partial charge is 0.356 e. The number of amides is 1. The summed E-state index contributed by atoms with van der Waals surface area (Å²) in [6, 6.07) is 0. The number of carbonyl (C=O) groups excluding carboxylic acids is 1. The Morgan fingerprint density at radius 2 is 1.91 bits per heavy atom. The van der Waals surface area contributed by atoms with Gasteiger partial charge in [0.25, 0.3) is 0 Å². The number of hydrogen-bond donors (Lipinski definition) is 2. The van der Waals surface area contributed by atoms with E-state index in [-0.39, 0.29) is 36.1 Å². The van der Waals surface area contributed by atoms with Crippen LogP contribution < -0.4 is 10.6 Å². The second-order valence-corrected chi connectivity index (χ2v) is 6.61. The average molecular weight is 365 g/mol. The van der Waals surface area contributed by atoms with Crippen LogP contribution in [0.3, 0.4) is 0 Å². The highest BCUT2D eigenvalue weighted by molar-refractivity contribution is 5.85. The van der Waals surface area contributed by atoms with Gasteiger partial charge in [-0.2, -0.15) is 5.10 Å². The molecule has 0 saturated carbocycles. The van der Waals surface area contributed by atoms with Crippen LogP contribution in [0.15, 0.2) is 0 Å². The van der Waals surface area contributed by atoms with Gasteiger partial charge < -0.3 is 10.6 Å². The van der Waals surface area contributed by atoms with Crippen molar-refractivity contribution in [2.75, 3.05) is 19.6 Å². The van der Waals surface area contributed by atoms with Crippen molar-refractivity contribution in [3.63, 3.8) is 0 Å². The monoisotopic (exact) mass is 364 g/mol. The van der Waals surface area contributed by atoms with E-state index in [1.165, 1.54) is 5.56 Å². The van der Waals surface area contributed by atoms with Crippen LogP contribution in [0, 0.1) is 19.3 Å². The second-order valence-electron chi connectivity index (χ2n) is 6.61. The number of rotatable bonds is 5. The zero-order chi connectivity index (χ0) is 15.5. The number of nitrogens with zero attached hydrogens (tertiary/aromatic N) is 2. The third kappa shape index (κ3) is 5.98. The molecule has 0 radical (unpaired) electrons. The fraction of sp³-hybridized carbons (Fsp3) is 0.750. The molecule has 5 nitrogen and oxygen atoms in total. The standard InChI is InChI=1S/C16H28N4O.2ClH/c1-12-14(13(2)20(4)19-12)5-6-15(21)18-11-16(3)7-9-17-10-8-16;;/h17H,5-11H2,1-4H3,(H,18,21);2*1H. The second kappa shape index (κ2) is 9.50. The lowest BCUT2D eigenvalue weighted by molar-refractivity contribution is -0.121. The van der Waals surface area contributed by atoms with Crippen LogP contribution in [0.1, 0.15) is 43.1 Å². The van der Waals surface area contributed by atoms with Gasteiger partial charge in [-0.15, -0.1) is 24.8 Å². The lowest BCUT2D eigenvalue weighted by atomic mass is 9.81. The molecule has 23 heavy (non-hydrogen) atoms. The Morgan fingerprint density at radius 1 is 1.30 bits per heavy atom. The van der Waals surface area contributed by atoms with Gasteiger partial charge in [0.1, 0.15) is 0 Å². The molecular weight excluding hydrogens is 335 g/mol. The van der Waals surface area contributed by atoms with Crippen molar-refractivity contribution < 1.29 is 4.79 Å². The van der Waals surface area contributed by atoms with Crippen LogP contribution in [-0.4, -0.2) is 35.3 Å². The zero-order valence-electron chi connectivity index (χ0n) is 14.6. The summed E-state index contributed by atoms with van der Waals surface area (Å²) in [5.74, 6) is 0.150. The van der Waals surface area contributed by atoms with Crippen molar-refractivity contribution in [1.82, 2.24) is 20.4 Å². The summed E-state index contributed by atoms with van der Waals surface area (Å²) in [5, 5.41) is 10.9. The van der Waals surface area contributed by atoms with Gasteiger partial charge in [-0.1, -0.05) is 6.92 Å². The van der Waals surface area contributed by atoms with Gasteiger partial charge in [0.15, 0.2) is 0 Å². The molecule has 0 atom stereocenters. The Kier molecular flexibility index (Phi) is 9.18. The van der Waals surface area contributed by atoms with Crippen LogP contribution in [0.5, 0.6) is 0 Å². The van der Waals surface area contributed by atoms with E-state index in [1.54, 1.807) is 0 Å². The third-order valence-corrected chi connectivity index (χ3v) is 4.78. The first-order valence-corrected chi connectivity index (χ1v) is 7.88. The Labute approximate surface area is 151 Å². The first-order chi connectivity index (χ1) is 9.91. The van der Waals surface area contributed by atoms with Gasteiger partial charge >= 0.3 is 0 Å². The summed E-state index contributed by atoms with van der Waals surface area (Å²) < 4.78 is 1.89. The average Bonchev–Trinajstić information content (AvgIpc) is 2.69. The lowest BCUT2D eigenvalue weighted by Gasteiger charge is -2.34. The highest BCUT2D eigenvalue weighted by Gasteiger charge is 2.26. The minimum absolute atomic E-state index is 0. The summed E-state index contributed by atoms with van der Waals surface area (Å²) in [7, 11) is 1.95. The molecule has 1 aromatic rings. The van der Waals surface area contributed by atoms with Gasteiger partial charge in [-0.25, -0.2) is 0 Å². The molecule has 2 heterocycles. The molecule has 0 unspecified atom stereocenters. The lowest BCUT2D eigenvalue weighted by Crippen LogP contribution is -2.42. The Bertz CT molecular complexity index is 510. The number of halogens is 2. The minimum Gasteiger partial charge on any atom is -0.356 e. The summed E-state index contributed by atoms with van der Waals surface area (Å²) in [5.41, 5.74) is 3.65. The van der Waals surface area contributed by atoms with Crippen molar-refractivity contribution in [2.24, 2.45) is 12.5 Å². The van der Waals surface area contributed by atoms with Crippen LogP contribution in [0.2, 0.25) is 0 Å². The third-order valence-electron chi connectivity index (χ3n) is 4.78. The summed E-state index contributed by atoms with van der Waals surface area (Å²) in [6.45, 7) is 9.24. The van der Waals surface area contributed by atoms with Gasteiger partial charge in [-0.3, -0.25) is 9.48 Å². The number of hydrogen-bond acceptors (Lipinski definition) is 3. The fourth-order valence-corrected chi connectivity index (χ4v) is 3.03. The zero-order valence-corrected chi connectivity index (χ0v) is 16.2. The highest BCUT2D eigenvalue weighted by Crippen LogP contribution is 2.26. The Morgan fingerprint density at radius 3 is 2.43 bits per heavy atom. The van der Waals surface area contributed by atoms with Crippen molar-refractivity contribution in [2.45, 2.75) is 46.5 Å². The Balaban J connectivity index is 0.00000242. The van der Waals surface area contributed by atoms with E-state index in [0.717, 1.165) is 50.3 Å². The number of aryl methyl sites for hydroxylation is 2. The summed E-state index contributed by atoms with van der Waals surface area (Å²) in [6.07, 6.45) is 3.58. The van der Waals surface area contributed by atoms with Crippen LogP contribution in [0.4, 0.5) is 0 Å². The molecule has 1 aliphatic heterocycles. The van der Waals surface area contributed by atoms with Gasteiger partial charge in [-0.05, 0) is 57.2 Å². The van der Waals surface area contributed by atoms with E-state index in [2.05, 4.69) is 29.6 Å². The maximum atomic E-state index is 12.1. The maximum absolute atomic E-state index is 12.1. The molecule has 0 aliphatic carbocycles. The molecule has 2 rings (SSSR count). The molecular formula is C16H30Cl2N4O. The van der Waals surface area contributed by atoms with Gasteiger partial charge in [0, 0.05) is 25.7 Å². The van der Waals surface area contributed by atoms with E-state index in [4.69, 9.17) is 0 Å². The predicted octanol–water partition coefficient (Wildman–Crippen LogP) is 2.32. The van der Waals surface area contributed by atoms with Crippen LogP contribution in [-0.2, 0) is 18.3 Å². The predicted molar refractivity (Wildman–Crippen MR) is 98.7 cm³/mol. The molecule has 134 valence electrons. The van der Waals surface area contributed by atoms with E-state index >= 15 is 0 Å². The molecule has 0 aromatic carbocycles. The minimum atomic E-state index is 0. The molecule has 0 spiro atoms. The van der Waals surface area contributed by atoms with E-state index in [1.807, 2.05) is 18.7 Å². The molecule has 7 heteroatoms. The highest BCUT2D eigenvalue weighted by atomic mass is 35.5. The maximum Gasteiger partial charge on any atom is 0.220 e. The molecule has 1 fully saturated rings. The topological polar surface area (TPSA) is 59.0 Å². The Hall–Kier alpha value is -0.780. The summed E-state index contributed by atoms with van der Waals surface area (Å²) in [4.78, 5) is 12.1. The quantitative estimate of drug-likeness (QED) is 0.842. The van der Waals surface area contributed by atoms with Crippen molar-refractivity contribution >= 4 is 30.7 Å². The van der Waals surface area contributed by atoms with E-state index in [9.17, 15) is 4.79 Å². The first kappa shape index (κ1) is 22.2. The first-order valence-electron chi connectivity index (χ1n) is 7.88. The molecule has 1 amide bonds. The van der Waals surface area contributed by atoms with Crippen LogP contribution in [0.25, 0.3) is 0 Å². The van der Waals surface area contributed by atoms with Gasteiger partial charge in [0.05, 0.1) is 5.69 Å². The molecule has 1 saturated heterocycles. The SMILES string of the molecule is Cc1nn(C)c(C)c1CCC(=O)NCC1(C)CCNCC1.Cl.Cl. The van der Waals surface area contributed by atoms with Crippen molar-refractivity contribution in [3.8, 4) is 0 Å².